The highest BCUT2D eigenvalue weighted by Crippen LogP contribution is 2.30. The maximum absolute atomic E-state index is 12.1. The Hall–Kier alpha value is -3.80. The Morgan fingerprint density at radius 3 is 1.30 bits per heavy atom. The summed E-state index contributed by atoms with van der Waals surface area (Å²) in [4.78, 5) is 50.5. The molecule has 4 rings (SSSR count). The van der Waals surface area contributed by atoms with Crippen LogP contribution in [-0.4, -0.2) is 23.6 Å². The third-order valence-corrected chi connectivity index (χ3v) is 4.28. The number of carbonyl (C=O) groups excluding carboxylic acids is 4. The molecule has 2 aromatic carbocycles. The predicted octanol–water partition coefficient (Wildman–Crippen LogP) is 2.14. The van der Waals surface area contributed by atoms with Crippen LogP contribution in [0.25, 0.3) is 0 Å². The molecule has 2 aromatic rings. The molecule has 132 valence electrons. The quantitative estimate of drug-likeness (QED) is 0.784. The Labute approximate surface area is 156 Å². The lowest BCUT2D eigenvalue weighted by Gasteiger charge is -2.21. The lowest BCUT2D eigenvalue weighted by Crippen LogP contribution is -2.31. The first kappa shape index (κ1) is 15.5. The van der Waals surface area contributed by atoms with E-state index >= 15 is 0 Å². The SMILES string of the molecule is [2H]C(c1ccccc1N1C(=O)C=CC1=O)c1ccccc1N1C(=O)C=CC1=O. The first-order valence-corrected chi connectivity index (χ1v) is 8.21. The Balaban J connectivity index is 1.80. The van der Waals surface area contributed by atoms with Crippen LogP contribution in [0.2, 0.25) is 0 Å². The molecular weight excluding hydrogens is 344 g/mol. The molecule has 0 bridgehead atoms. The highest BCUT2D eigenvalue weighted by molar-refractivity contribution is 6.29. The topological polar surface area (TPSA) is 74.8 Å². The number of nitrogens with zero attached hydrogens (tertiary/aromatic N) is 2. The van der Waals surface area contributed by atoms with E-state index in [1.807, 2.05) is 0 Å². The average molecular weight is 359 g/mol. The fraction of sp³-hybridized carbons (Fsp3) is 0.0476. The van der Waals surface area contributed by atoms with Crippen LogP contribution in [0, 0.1) is 0 Å². The molecule has 0 fully saturated rings. The van der Waals surface area contributed by atoms with Gasteiger partial charge in [-0.25, -0.2) is 9.80 Å². The Morgan fingerprint density at radius 2 is 0.926 bits per heavy atom. The van der Waals surface area contributed by atoms with Gasteiger partial charge in [0.2, 0.25) is 0 Å². The van der Waals surface area contributed by atoms with E-state index < -0.39 is 30.0 Å². The fourth-order valence-electron chi connectivity index (χ4n) is 3.07. The first-order chi connectivity index (χ1) is 13.5. The van der Waals surface area contributed by atoms with Crippen molar-refractivity contribution >= 4 is 35.0 Å². The normalized spacial score (nSPS) is 16.9. The van der Waals surface area contributed by atoms with Crippen LogP contribution in [0.3, 0.4) is 0 Å². The van der Waals surface area contributed by atoms with Crippen LogP contribution in [-0.2, 0) is 25.6 Å². The molecule has 2 heterocycles. The van der Waals surface area contributed by atoms with Crippen LogP contribution in [0.4, 0.5) is 11.4 Å². The molecule has 4 amide bonds. The smallest absolute Gasteiger partial charge is 0.258 e. The molecule has 0 atom stereocenters. The number of imide groups is 2. The second-order valence-electron chi connectivity index (χ2n) is 5.95. The standard InChI is InChI=1S/C21H14N2O4/c24-18-9-10-19(25)22(18)16-7-3-1-5-14(16)13-15-6-2-4-8-17(15)23-20(26)11-12-21(23)27/h1-12H,13H2/i13D. The third-order valence-electron chi connectivity index (χ3n) is 4.28. The number of para-hydroxylation sites is 2. The minimum absolute atomic E-state index is 0.300. The van der Waals surface area contributed by atoms with Crippen LogP contribution in [0.1, 0.15) is 12.5 Å². The van der Waals surface area contributed by atoms with Crippen LogP contribution in [0.15, 0.2) is 72.8 Å². The molecule has 0 saturated carbocycles. The van der Waals surface area contributed by atoms with Crippen molar-refractivity contribution in [1.29, 1.82) is 0 Å². The number of amides is 4. The van der Waals surface area contributed by atoms with Gasteiger partial charge in [0.05, 0.1) is 11.4 Å². The Morgan fingerprint density at radius 1 is 0.593 bits per heavy atom. The summed E-state index contributed by atoms with van der Waals surface area (Å²) in [6.45, 7) is 0. The van der Waals surface area contributed by atoms with Gasteiger partial charge in [-0.15, -0.1) is 0 Å². The second-order valence-corrected chi connectivity index (χ2v) is 5.95. The van der Waals surface area contributed by atoms with E-state index in [1.165, 1.54) is 24.3 Å². The zero-order valence-corrected chi connectivity index (χ0v) is 14.0. The summed E-state index contributed by atoms with van der Waals surface area (Å²) in [5.41, 5.74) is 1.42. The van der Waals surface area contributed by atoms with Gasteiger partial charge in [0.1, 0.15) is 0 Å². The van der Waals surface area contributed by atoms with Crippen molar-refractivity contribution in [2.24, 2.45) is 0 Å². The lowest BCUT2D eigenvalue weighted by molar-refractivity contribution is -0.121. The molecule has 0 radical (unpaired) electrons. The van der Waals surface area contributed by atoms with Gasteiger partial charge in [-0.3, -0.25) is 19.2 Å². The minimum atomic E-state index is -1.03. The van der Waals surface area contributed by atoms with Crippen LogP contribution < -0.4 is 9.80 Å². The fourth-order valence-corrected chi connectivity index (χ4v) is 3.07. The predicted molar refractivity (Wildman–Crippen MR) is 99.0 cm³/mol. The van der Waals surface area contributed by atoms with Crippen LogP contribution >= 0.6 is 0 Å². The van der Waals surface area contributed by atoms with Gasteiger partial charge in [-0.2, -0.15) is 0 Å². The number of rotatable bonds is 4. The largest absolute Gasteiger partial charge is 0.269 e. The van der Waals surface area contributed by atoms with Crippen molar-refractivity contribution < 1.29 is 20.5 Å². The van der Waals surface area contributed by atoms with Crippen molar-refractivity contribution in [3.05, 3.63) is 84.0 Å². The van der Waals surface area contributed by atoms with Gasteiger partial charge >= 0.3 is 0 Å². The Bertz CT molecular complexity index is 968. The second kappa shape index (κ2) is 6.49. The maximum atomic E-state index is 12.1. The number of hydrogen-bond acceptors (Lipinski definition) is 4. The number of benzene rings is 2. The summed E-state index contributed by atoms with van der Waals surface area (Å²) in [5, 5.41) is 0. The summed E-state index contributed by atoms with van der Waals surface area (Å²) < 4.78 is 8.79. The maximum Gasteiger partial charge on any atom is 0.258 e. The van der Waals surface area contributed by atoms with Gasteiger partial charge in [0, 0.05) is 32.1 Å². The van der Waals surface area contributed by atoms with E-state index in [1.54, 1.807) is 48.5 Å². The summed E-state index contributed by atoms with van der Waals surface area (Å²) in [6, 6.07) is 13.2. The molecule has 2 aliphatic heterocycles. The Kier molecular flexibility index (Phi) is 3.72. The van der Waals surface area contributed by atoms with Crippen molar-refractivity contribution in [2.75, 3.05) is 9.80 Å². The summed E-state index contributed by atoms with van der Waals surface area (Å²) in [7, 11) is 0. The molecule has 2 aliphatic rings. The highest BCUT2D eigenvalue weighted by atomic mass is 16.2. The van der Waals surface area contributed by atoms with Gasteiger partial charge in [-0.05, 0) is 23.3 Å². The molecule has 0 unspecified atom stereocenters. The van der Waals surface area contributed by atoms with E-state index in [2.05, 4.69) is 0 Å². The summed E-state index contributed by atoms with van der Waals surface area (Å²) in [6.07, 6.45) is 3.69. The molecule has 6 heteroatoms. The minimum Gasteiger partial charge on any atom is -0.269 e. The number of anilines is 2. The molecular formula is C21H14N2O4. The van der Waals surface area contributed by atoms with Crippen molar-refractivity contribution in [3.8, 4) is 0 Å². The van der Waals surface area contributed by atoms with Gasteiger partial charge in [0.25, 0.3) is 23.6 Å². The molecule has 27 heavy (non-hydrogen) atoms. The van der Waals surface area contributed by atoms with Crippen molar-refractivity contribution in [3.63, 3.8) is 0 Å². The van der Waals surface area contributed by atoms with Gasteiger partial charge in [0.15, 0.2) is 0 Å². The highest BCUT2D eigenvalue weighted by Gasteiger charge is 2.29. The zero-order valence-electron chi connectivity index (χ0n) is 15.0. The van der Waals surface area contributed by atoms with E-state index in [0.717, 1.165) is 9.80 Å². The van der Waals surface area contributed by atoms with Crippen LogP contribution in [0.5, 0.6) is 0 Å². The summed E-state index contributed by atoms with van der Waals surface area (Å²) >= 11 is 0. The van der Waals surface area contributed by atoms with E-state index in [9.17, 15) is 19.2 Å². The average Bonchev–Trinajstić information content (AvgIpc) is 3.22. The number of carbonyl (C=O) groups is 4. The molecule has 0 aromatic heterocycles. The monoisotopic (exact) mass is 359 g/mol. The van der Waals surface area contributed by atoms with Gasteiger partial charge < -0.3 is 0 Å². The third kappa shape index (κ3) is 2.87. The summed E-state index contributed by atoms with van der Waals surface area (Å²) in [5.74, 6) is -1.92. The van der Waals surface area contributed by atoms with E-state index in [-0.39, 0.29) is 0 Å². The number of hydrogen-bond donors (Lipinski definition) is 0. The van der Waals surface area contributed by atoms with Gasteiger partial charge in [-0.1, -0.05) is 36.4 Å². The zero-order chi connectivity index (χ0) is 19.8. The lowest BCUT2D eigenvalue weighted by atomic mass is 10.0. The molecule has 0 N–H and O–H groups in total. The molecule has 6 nitrogen and oxygen atoms in total. The molecule has 0 saturated heterocycles. The first-order valence-electron chi connectivity index (χ1n) is 8.79. The van der Waals surface area contributed by atoms with Crippen molar-refractivity contribution in [2.45, 2.75) is 6.40 Å². The molecule has 0 aliphatic carbocycles. The van der Waals surface area contributed by atoms with E-state index in [4.69, 9.17) is 1.37 Å². The molecule has 0 spiro atoms. The van der Waals surface area contributed by atoms with Crippen molar-refractivity contribution in [1.82, 2.24) is 0 Å². The van der Waals surface area contributed by atoms with E-state index in [0.29, 0.717) is 22.5 Å².